The van der Waals surface area contributed by atoms with Gasteiger partial charge in [0.1, 0.15) is 41.0 Å². The second-order valence-corrected chi connectivity index (χ2v) is 21.2. The van der Waals surface area contributed by atoms with Crippen molar-refractivity contribution < 1.29 is 65.9 Å². The highest BCUT2D eigenvalue weighted by Gasteiger charge is 2.63. The molecule has 0 N–H and O–H groups in total. The van der Waals surface area contributed by atoms with Gasteiger partial charge in [0.2, 0.25) is 0 Å². The van der Waals surface area contributed by atoms with E-state index in [0.29, 0.717) is 6.08 Å². The van der Waals surface area contributed by atoms with Gasteiger partial charge >= 0.3 is 0 Å². The van der Waals surface area contributed by atoms with Crippen molar-refractivity contribution in [2.45, 2.75) is 84.1 Å². The Morgan fingerprint density at radius 2 is 0.549 bits per heavy atom. The summed E-state index contributed by atoms with van der Waals surface area (Å²) in [5.74, 6) is -45.0. The molecular formula is C34H33BF15P. The highest BCUT2D eigenvalue weighted by Crippen LogP contribution is 2.83. The summed E-state index contributed by atoms with van der Waals surface area (Å²) in [6.45, 7) is 16.9. The summed E-state index contributed by atoms with van der Waals surface area (Å²) in [6.07, 6.45) is -5.66. The lowest BCUT2D eigenvalue weighted by molar-refractivity contribution is 0.379. The van der Waals surface area contributed by atoms with Gasteiger partial charge < -0.3 is 0 Å². The lowest BCUT2D eigenvalue weighted by Gasteiger charge is -2.54. The summed E-state index contributed by atoms with van der Waals surface area (Å²) >= 11 is 0. The van der Waals surface area contributed by atoms with Crippen LogP contribution in [0.3, 0.4) is 0 Å². The predicted molar refractivity (Wildman–Crippen MR) is 168 cm³/mol. The molecule has 0 bridgehead atoms. The minimum Gasteiger partial charge on any atom is -0.207 e. The van der Waals surface area contributed by atoms with Gasteiger partial charge in [0.05, 0.1) is 21.6 Å². The highest BCUT2D eigenvalue weighted by molar-refractivity contribution is 7.80. The Morgan fingerprint density at radius 1 is 0.353 bits per heavy atom. The monoisotopic (exact) mass is 768 g/mol. The van der Waals surface area contributed by atoms with E-state index in [1.54, 1.807) is 0 Å². The van der Waals surface area contributed by atoms with Crippen molar-refractivity contribution in [1.29, 1.82) is 0 Å². The average Bonchev–Trinajstić information content (AvgIpc) is 3.00. The zero-order chi connectivity index (χ0) is 39.7. The maximum absolute atomic E-state index is 15.8. The quantitative estimate of drug-likeness (QED) is 0.0561. The molecule has 0 heterocycles. The first-order valence-electron chi connectivity index (χ1n) is 15.2. The van der Waals surface area contributed by atoms with Crippen molar-refractivity contribution in [3.05, 3.63) is 99.4 Å². The first-order valence-corrected chi connectivity index (χ1v) is 17.2. The maximum atomic E-state index is 15.8. The third-order valence-electron chi connectivity index (χ3n) is 9.68. The van der Waals surface area contributed by atoms with Crippen molar-refractivity contribution in [2.24, 2.45) is 0 Å². The minimum atomic E-state index is -5.63. The van der Waals surface area contributed by atoms with E-state index in [4.69, 9.17) is 0 Å². The minimum absolute atomic E-state index is 0.0268. The third kappa shape index (κ3) is 6.24. The van der Waals surface area contributed by atoms with Crippen molar-refractivity contribution in [3.63, 3.8) is 0 Å². The molecule has 0 nitrogen and oxygen atoms in total. The molecule has 0 aromatic heterocycles. The van der Waals surface area contributed by atoms with E-state index in [2.05, 4.69) is 0 Å². The topological polar surface area (TPSA) is 0 Å². The summed E-state index contributed by atoms with van der Waals surface area (Å²) in [5.41, 5.74) is -7.82. The van der Waals surface area contributed by atoms with Crippen molar-refractivity contribution in [1.82, 2.24) is 0 Å². The Balaban J connectivity index is 2.76. The van der Waals surface area contributed by atoms with Crippen LogP contribution in [0, 0.1) is 87.3 Å². The molecule has 0 atom stereocenters. The fourth-order valence-electron chi connectivity index (χ4n) is 8.32. The fourth-order valence-corrected chi connectivity index (χ4v) is 16.5. The van der Waals surface area contributed by atoms with Crippen LogP contribution in [0.1, 0.15) is 62.3 Å². The molecule has 0 unspecified atom stereocenters. The standard InChI is InChI=1S/C34H33BF15P/c1-32(2,3)51(33(4,5)6,34(7,8)9)13-11-10-12-35(14-17(36)23(42)29(48)24(43)18(14)37,15-19(38)25(44)30(49)26(45)20(15)39)16-21(40)27(46)31(50)28(47)22(16)41/h10-11H,12-13H2,1-9H3/b11-10-. The van der Waals surface area contributed by atoms with E-state index in [1.165, 1.54) is 0 Å². The van der Waals surface area contributed by atoms with Gasteiger partial charge in [-0.05, 0) is 62.3 Å². The lowest BCUT2D eigenvalue weighted by Crippen LogP contribution is -2.73. The Kier molecular flexibility index (Phi) is 11.3. The van der Waals surface area contributed by atoms with Gasteiger partial charge in [-0.1, -0.05) is 6.08 Å². The average molecular weight is 768 g/mol. The summed E-state index contributed by atoms with van der Waals surface area (Å²) in [4.78, 5) is 0. The van der Waals surface area contributed by atoms with Crippen molar-refractivity contribution in [3.8, 4) is 0 Å². The Hall–Kier alpha value is -3.16. The summed E-state index contributed by atoms with van der Waals surface area (Å²) in [7, 11) is -2.50. The van der Waals surface area contributed by atoms with E-state index >= 15 is 26.3 Å². The molecular weight excluding hydrogens is 735 g/mol. The molecule has 0 spiro atoms. The van der Waals surface area contributed by atoms with Gasteiger partial charge in [0, 0.05) is 7.26 Å². The zero-order valence-electron chi connectivity index (χ0n) is 28.8. The summed E-state index contributed by atoms with van der Waals surface area (Å²) < 4.78 is 226. The molecule has 51 heavy (non-hydrogen) atoms. The molecule has 0 fully saturated rings. The summed E-state index contributed by atoms with van der Waals surface area (Å²) in [6, 6.07) is 0. The number of hydrogen-bond donors (Lipinski definition) is 0. The van der Waals surface area contributed by atoms with Gasteiger partial charge in [0.25, 0.3) is 0 Å². The van der Waals surface area contributed by atoms with Crippen LogP contribution in [0.2, 0.25) is 6.32 Å². The number of halogens is 15. The van der Waals surface area contributed by atoms with Crippen LogP contribution < -0.4 is 16.4 Å². The molecule has 0 saturated carbocycles. The van der Waals surface area contributed by atoms with E-state index < -0.39 is 139 Å². The highest BCUT2D eigenvalue weighted by atomic mass is 31.2. The van der Waals surface area contributed by atoms with Gasteiger partial charge in [-0.2, -0.15) is 0 Å². The molecule has 3 rings (SSSR count). The second-order valence-electron chi connectivity index (χ2n) is 15.2. The van der Waals surface area contributed by atoms with Crippen LogP contribution >= 0.6 is 7.26 Å². The Bertz CT molecular complexity index is 1630. The smallest absolute Gasteiger partial charge is 0.200 e. The SMILES string of the molecule is CC(C)(C)[P+](C/C=C\C[B-](c1c(F)c(F)c(F)c(F)c1F)(c1c(F)c(F)c(F)c(F)c1F)c1c(F)c(F)c(F)c(F)c1F)(C(C)(C)C)C(C)(C)C. The number of benzene rings is 3. The molecule has 0 amide bonds. The van der Waals surface area contributed by atoms with Gasteiger partial charge in [0.15, 0.2) is 52.4 Å². The number of allylic oxidation sites excluding steroid dienone is 2. The number of rotatable bonds is 7. The first-order chi connectivity index (χ1) is 23.0. The Morgan fingerprint density at radius 3 is 0.745 bits per heavy atom. The Labute approximate surface area is 285 Å². The van der Waals surface area contributed by atoms with Crippen molar-refractivity contribution in [2.75, 3.05) is 6.16 Å². The molecule has 0 saturated heterocycles. The van der Waals surface area contributed by atoms with Gasteiger partial charge in [-0.3, -0.25) is 0 Å². The lowest BCUT2D eigenvalue weighted by atomic mass is 9.13. The normalized spacial score (nSPS) is 13.6. The second kappa shape index (κ2) is 13.7. The van der Waals surface area contributed by atoms with Crippen LogP contribution in [0.4, 0.5) is 65.9 Å². The van der Waals surface area contributed by atoms with Crippen LogP contribution in [0.15, 0.2) is 12.2 Å². The van der Waals surface area contributed by atoms with Crippen LogP contribution in [0.5, 0.6) is 0 Å². The molecule has 0 aliphatic carbocycles. The van der Waals surface area contributed by atoms with E-state index in [1.807, 2.05) is 62.3 Å². The molecule has 3 aromatic carbocycles. The molecule has 17 heteroatoms. The van der Waals surface area contributed by atoms with Crippen LogP contribution in [0.25, 0.3) is 0 Å². The fraction of sp³-hybridized carbons (Fsp3) is 0.412. The van der Waals surface area contributed by atoms with Crippen molar-refractivity contribution >= 4 is 29.8 Å². The molecule has 3 aromatic rings. The van der Waals surface area contributed by atoms with E-state index in [-0.39, 0.29) is 6.16 Å². The summed E-state index contributed by atoms with van der Waals surface area (Å²) in [5, 5.41) is -1.67. The van der Waals surface area contributed by atoms with Crippen LogP contribution in [-0.4, -0.2) is 27.8 Å². The molecule has 282 valence electrons. The first kappa shape index (κ1) is 42.3. The molecule has 0 aliphatic heterocycles. The predicted octanol–water partition coefficient (Wildman–Crippen LogP) is 10.2. The molecule has 0 aliphatic rings. The van der Waals surface area contributed by atoms with E-state index in [0.717, 1.165) is 6.08 Å². The number of hydrogen-bond acceptors (Lipinski definition) is 0. The van der Waals surface area contributed by atoms with E-state index in [9.17, 15) is 39.5 Å². The van der Waals surface area contributed by atoms with Gasteiger partial charge in [-0.25, -0.2) is 65.9 Å². The zero-order valence-corrected chi connectivity index (χ0v) is 29.7. The maximum Gasteiger partial charge on any atom is 0.200 e. The molecule has 0 radical (unpaired) electrons. The largest absolute Gasteiger partial charge is 0.207 e. The van der Waals surface area contributed by atoms with Crippen LogP contribution in [-0.2, 0) is 0 Å². The van der Waals surface area contributed by atoms with Gasteiger partial charge in [-0.15, -0.1) is 28.8 Å². The third-order valence-corrected chi connectivity index (χ3v) is 17.3.